The summed E-state index contributed by atoms with van der Waals surface area (Å²) in [5, 5.41) is 0. The Balaban J connectivity index is 2.74. The summed E-state index contributed by atoms with van der Waals surface area (Å²) < 4.78 is 0. The van der Waals surface area contributed by atoms with Crippen LogP contribution in [0.25, 0.3) is 0 Å². The van der Waals surface area contributed by atoms with Crippen molar-refractivity contribution in [2.45, 2.75) is 73.1 Å². The Morgan fingerprint density at radius 2 is 1.61 bits per heavy atom. The van der Waals surface area contributed by atoms with Crippen molar-refractivity contribution in [2.24, 2.45) is 5.92 Å². The summed E-state index contributed by atoms with van der Waals surface area (Å²) in [7, 11) is 0. The lowest BCUT2D eigenvalue weighted by atomic mass is 9.91. The molecule has 1 unspecified atom stereocenters. The van der Waals surface area contributed by atoms with Crippen molar-refractivity contribution in [1.29, 1.82) is 0 Å². The van der Waals surface area contributed by atoms with E-state index in [2.05, 4.69) is 46.8 Å². The Kier molecular flexibility index (Phi) is 6.46. The van der Waals surface area contributed by atoms with Crippen molar-refractivity contribution in [2.75, 3.05) is 0 Å². The third-order valence-electron chi connectivity index (χ3n) is 4.16. The molecule has 18 heavy (non-hydrogen) atoms. The lowest BCUT2D eigenvalue weighted by molar-refractivity contribution is 0.515. The van der Waals surface area contributed by atoms with Gasteiger partial charge < -0.3 is 0 Å². The monoisotopic (exact) mass is 246 g/mol. The highest BCUT2D eigenvalue weighted by atomic mass is 14.1. The van der Waals surface area contributed by atoms with Gasteiger partial charge in [0.05, 0.1) is 0 Å². The minimum atomic E-state index is 0.851. The molecule has 102 valence electrons. The zero-order chi connectivity index (χ0) is 13.5. The summed E-state index contributed by atoms with van der Waals surface area (Å²) in [5.41, 5.74) is 6.13. The fourth-order valence-corrected chi connectivity index (χ4v) is 2.60. The maximum atomic E-state index is 2.41. The van der Waals surface area contributed by atoms with Crippen LogP contribution in [0.15, 0.2) is 12.1 Å². The molecule has 1 atom stereocenters. The van der Waals surface area contributed by atoms with Gasteiger partial charge in [0.2, 0.25) is 0 Å². The Morgan fingerprint density at radius 3 is 2.11 bits per heavy atom. The third-order valence-corrected chi connectivity index (χ3v) is 4.16. The molecule has 0 heterocycles. The summed E-state index contributed by atoms with van der Waals surface area (Å²) in [6.45, 7) is 11.5. The van der Waals surface area contributed by atoms with Crippen molar-refractivity contribution in [1.82, 2.24) is 0 Å². The molecule has 0 aliphatic carbocycles. The summed E-state index contributed by atoms with van der Waals surface area (Å²) in [5.74, 6) is 0.851. The summed E-state index contributed by atoms with van der Waals surface area (Å²) >= 11 is 0. The molecule has 0 saturated carbocycles. The average molecular weight is 246 g/mol. The highest BCUT2D eigenvalue weighted by Crippen LogP contribution is 2.22. The number of benzene rings is 1. The number of rotatable bonds is 7. The smallest absolute Gasteiger partial charge is 0.0271 e. The largest absolute Gasteiger partial charge is 0.0654 e. The van der Waals surface area contributed by atoms with Crippen molar-refractivity contribution in [3.8, 4) is 0 Å². The van der Waals surface area contributed by atoms with Crippen LogP contribution in [-0.4, -0.2) is 0 Å². The first kappa shape index (κ1) is 15.3. The third kappa shape index (κ3) is 4.48. The van der Waals surface area contributed by atoms with Crippen molar-refractivity contribution in [3.05, 3.63) is 34.4 Å². The van der Waals surface area contributed by atoms with Crippen LogP contribution in [0.5, 0.6) is 0 Å². The van der Waals surface area contributed by atoms with E-state index in [1.165, 1.54) is 55.2 Å². The van der Waals surface area contributed by atoms with E-state index in [4.69, 9.17) is 0 Å². The normalized spacial score (nSPS) is 12.7. The van der Waals surface area contributed by atoms with Gasteiger partial charge >= 0.3 is 0 Å². The Hall–Kier alpha value is -0.780. The first-order valence-corrected chi connectivity index (χ1v) is 7.67. The van der Waals surface area contributed by atoms with E-state index in [0.29, 0.717) is 0 Å². The SMILES string of the molecule is CCCCc1cc(C)c(CCC(C)CC)c(C)c1. The molecule has 0 nitrogen and oxygen atoms in total. The predicted octanol–water partition coefficient (Wildman–Crippen LogP) is 5.62. The zero-order valence-corrected chi connectivity index (χ0v) is 13.0. The molecule has 0 radical (unpaired) electrons. The number of hydrogen-bond acceptors (Lipinski definition) is 0. The number of unbranched alkanes of at least 4 members (excludes halogenated alkanes) is 1. The van der Waals surface area contributed by atoms with Gasteiger partial charge in [0, 0.05) is 0 Å². The quantitative estimate of drug-likeness (QED) is 0.585. The zero-order valence-electron chi connectivity index (χ0n) is 13.0. The molecule has 0 spiro atoms. The first-order valence-electron chi connectivity index (χ1n) is 7.67. The molecule has 0 aliphatic heterocycles. The molecule has 1 aromatic rings. The Morgan fingerprint density at radius 1 is 1.00 bits per heavy atom. The van der Waals surface area contributed by atoms with E-state index in [0.717, 1.165) is 5.92 Å². The molecule has 0 aromatic heterocycles. The van der Waals surface area contributed by atoms with Gasteiger partial charge in [-0.3, -0.25) is 0 Å². The Bertz CT molecular complexity index is 339. The van der Waals surface area contributed by atoms with E-state index >= 15 is 0 Å². The maximum absolute atomic E-state index is 2.41. The highest BCUT2D eigenvalue weighted by molar-refractivity contribution is 5.38. The molecule has 1 rings (SSSR count). The fourth-order valence-electron chi connectivity index (χ4n) is 2.60. The molecule has 0 amide bonds. The minimum Gasteiger partial charge on any atom is -0.0654 e. The highest BCUT2D eigenvalue weighted by Gasteiger charge is 2.07. The van der Waals surface area contributed by atoms with Gasteiger partial charge in [-0.15, -0.1) is 0 Å². The summed E-state index contributed by atoms with van der Waals surface area (Å²) in [4.78, 5) is 0. The van der Waals surface area contributed by atoms with Crippen LogP contribution in [-0.2, 0) is 12.8 Å². The molecule has 0 N–H and O–H groups in total. The second kappa shape index (κ2) is 7.61. The minimum absolute atomic E-state index is 0.851. The van der Waals surface area contributed by atoms with Gasteiger partial charge in [-0.25, -0.2) is 0 Å². The molecule has 0 aliphatic rings. The van der Waals surface area contributed by atoms with Gasteiger partial charge in [-0.2, -0.15) is 0 Å². The van der Waals surface area contributed by atoms with Crippen LogP contribution in [0.1, 0.15) is 68.7 Å². The van der Waals surface area contributed by atoms with Crippen LogP contribution in [0, 0.1) is 19.8 Å². The van der Waals surface area contributed by atoms with Crippen molar-refractivity contribution < 1.29 is 0 Å². The topological polar surface area (TPSA) is 0 Å². The molecular weight excluding hydrogens is 216 g/mol. The second-order valence-electron chi connectivity index (χ2n) is 5.86. The van der Waals surface area contributed by atoms with E-state index < -0.39 is 0 Å². The predicted molar refractivity (Wildman–Crippen MR) is 82.3 cm³/mol. The molecule has 1 aromatic carbocycles. The number of hydrogen-bond donors (Lipinski definition) is 0. The average Bonchev–Trinajstić information content (AvgIpc) is 2.34. The Labute approximate surface area is 114 Å². The van der Waals surface area contributed by atoms with Gasteiger partial charge in [-0.05, 0) is 67.7 Å². The molecule has 0 saturated heterocycles. The van der Waals surface area contributed by atoms with E-state index in [9.17, 15) is 0 Å². The van der Waals surface area contributed by atoms with Crippen molar-refractivity contribution in [3.63, 3.8) is 0 Å². The first-order chi connectivity index (χ1) is 8.58. The summed E-state index contributed by atoms with van der Waals surface area (Å²) in [6, 6.07) is 4.82. The molecule has 0 heteroatoms. The fraction of sp³-hybridized carbons (Fsp3) is 0.667. The van der Waals surface area contributed by atoms with E-state index in [1.54, 1.807) is 5.56 Å². The summed E-state index contributed by atoms with van der Waals surface area (Å²) in [6.07, 6.45) is 7.71. The number of aryl methyl sites for hydroxylation is 3. The van der Waals surface area contributed by atoms with Gasteiger partial charge in [0.15, 0.2) is 0 Å². The maximum Gasteiger partial charge on any atom is -0.0271 e. The molecule has 0 bridgehead atoms. The van der Waals surface area contributed by atoms with Gasteiger partial charge in [0.25, 0.3) is 0 Å². The van der Waals surface area contributed by atoms with E-state index in [-0.39, 0.29) is 0 Å². The lowest BCUT2D eigenvalue weighted by Gasteiger charge is -2.15. The van der Waals surface area contributed by atoms with Crippen LogP contribution in [0.3, 0.4) is 0 Å². The van der Waals surface area contributed by atoms with Crippen LogP contribution in [0.2, 0.25) is 0 Å². The van der Waals surface area contributed by atoms with E-state index in [1.807, 2.05) is 0 Å². The molecular formula is C18H30. The molecule has 0 fully saturated rings. The van der Waals surface area contributed by atoms with Crippen LogP contribution >= 0.6 is 0 Å². The standard InChI is InChI=1S/C18H30/c1-6-8-9-17-12-15(4)18(16(5)13-17)11-10-14(3)7-2/h12-14H,6-11H2,1-5H3. The van der Waals surface area contributed by atoms with Crippen LogP contribution in [0.4, 0.5) is 0 Å². The second-order valence-corrected chi connectivity index (χ2v) is 5.86. The van der Waals surface area contributed by atoms with Crippen LogP contribution < -0.4 is 0 Å². The van der Waals surface area contributed by atoms with Gasteiger partial charge in [-0.1, -0.05) is 45.7 Å². The lowest BCUT2D eigenvalue weighted by Crippen LogP contribution is -2.01. The van der Waals surface area contributed by atoms with Gasteiger partial charge in [0.1, 0.15) is 0 Å². The van der Waals surface area contributed by atoms with Crippen molar-refractivity contribution >= 4 is 0 Å².